The number of hydrazone groups is 1. The summed E-state index contributed by atoms with van der Waals surface area (Å²) in [6, 6.07) is 11.8. The second-order valence-electron chi connectivity index (χ2n) is 5.51. The molecular weight excluding hydrogens is 448 g/mol. The van der Waals surface area contributed by atoms with E-state index in [0.29, 0.717) is 4.47 Å². The minimum atomic E-state index is -0.731. The van der Waals surface area contributed by atoms with Crippen molar-refractivity contribution >= 4 is 33.7 Å². The number of carbonyl (C=O) groups is 1. The summed E-state index contributed by atoms with van der Waals surface area (Å²) in [5.74, 6) is -1.18. The number of phenols is 1. The van der Waals surface area contributed by atoms with Crippen molar-refractivity contribution in [3.8, 4) is 17.4 Å². The van der Waals surface area contributed by atoms with E-state index in [9.17, 15) is 20.0 Å². The highest BCUT2D eigenvalue weighted by atomic mass is 79.9. The number of nitro groups is 1. The van der Waals surface area contributed by atoms with Crippen LogP contribution < -0.4 is 10.2 Å². The maximum absolute atomic E-state index is 11.8. The number of nitrogens with one attached hydrogen (secondary N) is 1. The molecule has 3 aromatic rings. The summed E-state index contributed by atoms with van der Waals surface area (Å²) < 4.78 is 7.06. The third-order valence-corrected chi connectivity index (χ3v) is 3.96. The molecule has 11 nitrogen and oxygen atoms in total. The molecule has 0 unspecified atom stereocenters. The zero-order valence-corrected chi connectivity index (χ0v) is 16.2. The number of benzene rings is 2. The Labute approximate surface area is 171 Å². The van der Waals surface area contributed by atoms with Crippen LogP contribution in [0.2, 0.25) is 0 Å². The average Bonchev–Trinajstić information content (AvgIpc) is 3.18. The summed E-state index contributed by atoms with van der Waals surface area (Å²) in [5.41, 5.74) is 2.53. The maximum Gasteiger partial charge on any atom is 0.336 e. The van der Waals surface area contributed by atoms with Crippen LogP contribution in [0.3, 0.4) is 0 Å². The Hall–Kier alpha value is -3.80. The van der Waals surface area contributed by atoms with Crippen LogP contribution in [0.1, 0.15) is 5.56 Å². The van der Waals surface area contributed by atoms with E-state index in [-0.39, 0.29) is 11.6 Å². The van der Waals surface area contributed by atoms with E-state index in [1.165, 1.54) is 17.1 Å². The Bertz CT molecular complexity index is 1070. The normalized spacial score (nSPS) is 10.8. The van der Waals surface area contributed by atoms with Crippen molar-refractivity contribution in [1.29, 1.82) is 0 Å². The van der Waals surface area contributed by atoms with Crippen molar-refractivity contribution in [2.24, 2.45) is 5.10 Å². The van der Waals surface area contributed by atoms with Crippen LogP contribution in [0.15, 0.2) is 58.4 Å². The molecular formula is C17H13BrN6O5. The first-order chi connectivity index (χ1) is 13.9. The molecule has 29 heavy (non-hydrogen) atoms. The number of aromatic nitrogens is 3. The molecule has 12 heteroatoms. The first-order valence-electron chi connectivity index (χ1n) is 8.02. The van der Waals surface area contributed by atoms with Crippen LogP contribution in [-0.4, -0.2) is 43.5 Å². The zero-order valence-electron chi connectivity index (χ0n) is 14.6. The first-order valence-corrected chi connectivity index (χ1v) is 8.82. The van der Waals surface area contributed by atoms with Crippen molar-refractivity contribution in [1.82, 2.24) is 20.2 Å². The lowest BCUT2D eigenvalue weighted by Crippen LogP contribution is -2.24. The summed E-state index contributed by atoms with van der Waals surface area (Å²) in [5, 5.41) is 28.5. The number of hydrogen-bond acceptors (Lipinski definition) is 8. The molecule has 0 atom stereocenters. The monoisotopic (exact) mass is 460 g/mol. The fourth-order valence-electron chi connectivity index (χ4n) is 2.20. The lowest BCUT2D eigenvalue weighted by Gasteiger charge is -2.03. The average molecular weight is 461 g/mol. The topological polar surface area (TPSA) is 145 Å². The summed E-state index contributed by atoms with van der Waals surface area (Å²) >= 11 is 3.11. The fourth-order valence-corrected chi connectivity index (χ4v) is 2.66. The molecule has 0 fully saturated rings. The van der Waals surface area contributed by atoms with Gasteiger partial charge < -0.3 is 9.84 Å². The smallest absolute Gasteiger partial charge is 0.336 e. The van der Waals surface area contributed by atoms with Crippen LogP contribution >= 0.6 is 15.9 Å². The van der Waals surface area contributed by atoms with Gasteiger partial charge in [-0.15, -0.1) is 5.10 Å². The number of nitro benzene ring substituents is 1. The summed E-state index contributed by atoms with van der Waals surface area (Å²) in [7, 11) is 0. The van der Waals surface area contributed by atoms with E-state index in [0.717, 1.165) is 18.0 Å². The van der Waals surface area contributed by atoms with Gasteiger partial charge in [-0.25, -0.2) is 10.1 Å². The van der Waals surface area contributed by atoms with E-state index >= 15 is 0 Å². The van der Waals surface area contributed by atoms with Gasteiger partial charge in [0.15, 0.2) is 6.61 Å². The van der Waals surface area contributed by atoms with Gasteiger partial charge in [0.05, 0.1) is 16.8 Å². The second-order valence-corrected chi connectivity index (χ2v) is 6.42. The van der Waals surface area contributed by atoms with Crippen LogP contribution in [0.5, 0.6) is 11.8 Å². The highest BCUT2D eigenvalue weighted by molar-refractivity contribution is 9.10. The largest absolute Gasteiger partial charge is 0.502 e. The molecule has 2 aromatic carbocycles. The van der Waals surface area contributed by atoms with E-state index in [1.54, 1.807) is 0 Å². The number of amides is 1. The number of hydrogen-bond donors (Lipinski definition) is 2. The number of halogens is 1. The second kappa shape index (κ2) is 8.93. The standard InChI is InChI=1S/C17H13BrN6O5/c18-12-6-11(16(26)14(7-12)24(27)28)8-20-21-15(25)9-29-17-19-10-23(22-17)13-4-2-1-3-5-13/h1-8,10,26H,9H2,(H,21,25). The van der Waals surface area contributed by atoms with Gasteiger partial charge in [-0.2, -0.15) is 10.1 Å². The number of ether oxygens (including phenoxy) is 1. The van der Waals surface area contributed by atoms with E-state index in [1.807, 2.05) is 30.3 Å². The van der Waals surface area contributed by atoms with Gasteiger partial charge in [0, 0.05) is 16.1 Å². The summed E-state index contributed by atoms with van der Waals surface area (Å²) in [6.07, 6.45) is 2.52. The van der Waals surface area contributed by atoms with Crippen LogP contribution in [0.4, 0.5) is 5.69 Å². The predicted octanol–water partition coefficient (Wildman–Crippen LogP) is 2.17. The molecule has 0 aliphatic rings. The van der Waals surface area contributed by atoms with E-state index < -0.39 is 28.9 Å². The lowest BCUT2D eigenvalue weighted by molar-refractivity contribution is -0.385. The molecule has 0 bridgehead atoms. The number of rotatable bonds is 7. The highest BCUT2D eigenvalue weighted by Crippen LogP contribution is 2.32. The lowest BCUT2D eigenvalue weighted by atomic mass is 10.2. The van der Waals surface area contributed by atoms with Crippen molar-refractivity contribution in [3.05, 3.63) is 68.9 Å². The van der Waals surface area contributed by atoms with Gasteiger partial charge >= 0.3 is 11.7 Å². The van der Waals surface area contributed by atoms with Gasteiger partial charge in [0.25, 0.3) is 5.91 Å². The SMILES string of the molecule is O=C(COc1ncn(-c2ccccc2)n1)NN=Cc1cc(Br)cc([N+](=O)[O-])c1O. The van der Waals surface area contributed by atoms with Crippen molar-refractivity contribution in [2.75, 3.05) is 6.61 Å². The molecule has 3 rings (SSSR count). The van der Waals surface area contributed by atoms with E-state index in [4.69, 9.17) is 4.74 Å². The predicted molar refractivity (Wildman–Crippen MR) is 105 cm³/mol. The molecule has 0 aliphatic carbocycles. The highest BCUT2D eigenvalue weighted by Gasteiger charge is 2.17. The van der Waals surface area contributed by atoms with Gasteiger partial charge in [-0.1, -0.05) is 34.1 Å². The van der Waals surface area contributed by atoms with Gasteiger partial charge in [0.2, 0.25) is 5.75 Å². The van der Waals surface area contributed by atoms with Gasteiger partial charge in [-0.05, 0) is 18.2 Å². The Kier molecular flexibility index (Phi) is 6.14. The summed E-state index contributed by atoms with van der Waals surface area (Å²) in [6.45, 7) is -0.402. The Morgan fingerprint density at radius 2 is 2.14 bits per heavy atom. The first kappa shape index (κ1) is 19.9. The molecule has 0 saturated heterocycles. The summed E-state index contributed by atoms with van der Waals surface area (Å²) in [4.78, 5) is 25.9. The third-order valence-electron chi connectivity index (χ3n) is 3.50. The van der Waals surface area contributed by atoms with Gasteiger partial charge in [0.1, 0.15) is 6.33 Å². The van der Waals surface area contributed by atoms with E-state index in [2.05, 4.69) is 36.5 Å². The Morgan fingerprint density at radius 1 is 1.38 bits per heavy atom. The van der Waals surface area contributed by atoms with Crippen molar-refractivity contribution in [2.45, 2.75) is 0 Å². The van der Waals surface area contributed by atoms with Crippen LogP contribution in [-0.2, 0) is 4.79 Å². The molecule has 1 heterocycles. The zero-order chi connectivity index (χ0) is 20.8. The molecule has 1 amide bonds. The number of nitrogens with zero attached hydrogens (tertiary/aromatic N) is 5. The third kappa shape index (κ3) is 5.13. The molecule has 0 spiro atoms. The molecule has 2 N–H and O–H groups in total. The number of aromatic hydroxyl groups is 1. The van der Waals surface area contributed by atoms with Gasteiger partial charge in [-0.3, -0.25) is 14.9 Å². The number of phenolic OH excluding ortho intramolecular Hbond substituents is 1. The molecule has 1 aromatic heterocycles. The maximum atomic E-state index is 11.8. The Balaban J connectivity index is 1.56. The number of para-hydroxylation sites is 1. The quantitative estimate of drug-likeness (QED) is 0.312. The minimum Gasteiger partial charge on any atom is -0.502 e. The molecule has 0 saturated carbocycles. The fraction of sp³-hybridized carbons (Fsp3) is 0.0588. The van der Waals surface area contributed by atoms with Crippen LogP contribution in [0, 0.1) is 10.1 Å². The molecule has 0 radical (unpaired) electrons. The Morgan fingerprint density at radius 3 is 2.86 bits per heavy atom. The molecule has 0 aliphatic heterocycles. The van der Waals surface area contributed by atoms with Crippen LogP contribution in [0.25, 0.3) is 5.69 Å². The van der Waals surface area contributed by atoms with Crippen molar-refractivity contribution < 1.29 is 19.6 Å². The minimum absolute atomic E-state index is 0.00763. The van der Waals surface area contributed by atoms with Crippen molar-refractivity contribution in [3.63, 3.8) is 0 Å². The molecule has 148 valence electrons. The number of carbonyl (C=O) groups excluding carboxylic acids is 1.